The summed E-state index contributed by atoms with van der Waals surface area (Å²) in [5, 5.41) is 11.9. The van der Waals surface area contributed by atoms with Crippen molar-refractivity contribution in [1.29, 1.82) is 0 Å². The Balaban J connectivity index is 1.42. The lowest BCUT2D eigenvalue weighted by atomic mass is 9.69. The minimum atomic E-state index is -3.67. The fourth-order valence-corrected chi connectivity index (χ4v) is 7.79. The summed E-state index contributed by atoms with van der Waals surface area (Å²) in [6.45, 7) is 5.40. The van der Waals surface area contributed by atoms with Gasteiger partial charge >= 0.3 is 0 Å². The van der Waals surface area contributed by atoms with Gasteiger partial charge in [0, 0.05) is 44.2 Å². The van der Waals surface area contributed by atoms with Crippen LogP contribution in [0.1, 0.15) is 94.3 Å². The summed E-state index contributed by atoms with van der Waals surface area (Å²) in [6, 6.07) is 32.9. The Kier molecular flexibility index (Phi) is 12.7. The Morgan fingerprint density at radius 1 is 0.843 bits per heavy atom. The Morgan fingerprint density at radius 3 is 2.06 bits per heavy atom. The molecule has 0 saturated carbocycles. The summed E-state index contributed by atoms with van der Waals surface area (Å²) in [5.74, 6) is -0.896. The second-order valence-electron chi connectivity index (χ2n) is 14.4. The van der Waals surface area contributed by atoms with Gasteiger partial charge in [0.15, 0.2) is 11.6 Å². The molecule has 1 heterocycles. The quantitative estimate of drug-likeness (QED) is 0.118. The molecule has 7 nitrogen and oxygen atoms in total. The summed E-state index contributed by atoms with van der Waals surface area (Å²) < 4.78 is 32.0. The van der Waals surface area contributed by atoms with Crippen molar-refractivity contribution >= 4 is 27.3 Å². The van der Waals surface area contributed by atoms with Crippen LogP contribution in [0.15, 0.2) is 103 Å². The molecule has 0 radical (unpaired) electrons. The van der Waals surface area contributed by atoms with Crippen molar-refractivity contribution < 1.29 is 27.9 Å². The summed E-state index contributed by atoms with van der Waals surface area (Å²) in [4.78, 5) is 27.9. The number of sulfonamides is 1. The molecule has 1 saturated heterocycles. The molecule has 0 amide bonds. The standard InChI is InChI=1S/C43H51NO6S/c1-31-12-11-17-38(24-31)43(20-22-50-23-21-43)19-18-40(45)35(26-33-13-7-5-8-14-33)30-42(47)37-27-36(28-39(29-37)44(3)51(4,48)49)41(46)25-32(2)34-15-9-6-10-16-34/h5-17,24,27-29,32,35,40,45H,18-23,25-26,30H2,1-4H3/t32-,35+,40+/m0/s1. The number of aliphatic hydroxyl groups is 1. The van der Waals surface area contributed by atoms with Crippen LogP contribution in [0.2, 0.25) is 0 Å². The van der Waals surface area contributed by atoms with Crippen LogP contribution in [0.4, 0.5) is 5.69 Å². The van der Waals surface area contributed by atoms with Crippen molar-refractivity contribution in [2.75, 3.05) is 30.8 Å². The van der Waals surface area contributed by atoms with Gasteiger partial charge in [-0.3, -0.25) is 13.9 Å². The highest BCUT2D eigenvalue weighted by Gasteiger charge is 2.36. The molecule has 0 bridgehead atoms. The molecule has 0 aliphatic carbocycles. The number of hydrogen-bond acceptors (Lipinski definition) is 6. The van der Waals surface area contributed by atoms with E-state index in [1.807, 2.05) is 67.6 Å². The van der Waals surface area contributed by atoms with E-state index in [-0.39, 0.29) is 52.6 Å². The first kappa shape index (κ1) is 38.1. The van der Waals surface area contributed by atoms with E-state index in [0.29, 0.717) is 26.1 Å². The molecule has 8 heteroatoms. The van der Waals surface area contributed by atoms with Gasteiger partial charge in [-0.25, -0.2) is 8.42 Å². The molecule has 270 valence electrons. The summed E-state index contributed by atoms with van der Waals surface area (Å²) in [6.07, 6.45) is 4.06. The van der Waals surface area contributed by atoms with Gasteiger partial charge < -0.3 is 9.84 Å². The third kappa shape index (κ3) is 10.0. The number of carbonyl (C=O) groups is 2. The van der Waals surface area contributed by atoms with Crippen LogP contribution in [0.25, 0.3) is 0 Å². The minimum absolute atomic E-state index is 0.0384. The lowest BCUT2D eigenvalue weighted by molar-refractivity contribution is 0.0314. The Morgan fingerprint density at radius 2 is 1.45 bits per heavy atom. The summed E-state index contributed by atoms with van der Waals surface area (Å²) in [5.41, 5.74) is 5.17. The van der Waals surface area contributed by atoms with Crippen molar-refractivity contribution in [3.63, 3.8) is 0 Å². The highest BCUT2D eigenvalue weighted by Crippen LogP contribution is 2.40. The van der Waals surface area contributed by atoms with Crippen LogP contribution >= 0.6 is 0 Å². The Bertz CT molecular complexity index is 1890. The van der Waals surface area contributed by atoms with Gasteiger partial charge in [0.25, 0.3) is 0 Å². The zero-order valence-corrected chi connectivity index (χ0v) is 31.1. The number of hydrogen-bond donors (Lipinski definition) is 1. The lowest BCUT2D eigenvalue weighted by Crippen LogP contribution is -2.36. The normalized spacial score (nSPS) is 16.2. The Hall–Kier alpha value is -4.11. The molecule has 1 aliphatic rings. The van der Waals surface area contributed by atoms with Gasteiger partial charge in [-0.2, -0.15) is 0 Å². The number of anilines is 1. The maximum absolute atomic E-state index is 14.2. The highest BCUT2D eigenvalue weighted by molar-refractivity contribution is 7.92. The molecule has 3 atom stereocenters. The number of ketones is 2. The fourth-order valence-electron chi connectivity index (χ4n) is 7.30. The Labute approximate surface area is 303 Å². The molecule has 4 aromatic carbocycles. The van der Waals surface area contributed by atoms with Crippen LogP contribution < -0.4 is 4.31 Å². The third-order valence-corrected chi connectivity index (χ3v) is 11.8. The van der Waals surface area contributed by atoms with E-state index in [2.05, 4.69) is 31.2 Å². The first-order valence-corrected chi connectivity index (χ1v) is 19.8. The van der Waals surface area contributed by atoms with Crippen molar-refractivity contribution in [2.24, 2.45) is 5.92 Å². The summed E-state index contributed by atoms with van der Waals surface area (Å²) >= 11 is 0. The lowest BCUT2D eigenvalue weighted by Gasteiger charge is -2.39. The summed E-state index contributed by atoms with van der Waals surface area (Å²) in [7, 11) is -2.25. The molecule has 0 unspecified atom stereocenters. The third-order valence-electron chi connectivity index (χ3n) is 10.6. The van der Waals surface area contributed by atoms with E-state index in [9.17, 15) is 23.1 Å². The fraction of sp³-hybridized carbons (Fsp3) is 0.395. The predicted molar refractivity (Wildman–Crippen MR) is 204 cm³/mol. The van der Waals surface area contributed by atoms with Gasteiger partial charge in [0.05, 0.1) is 18.0 Å². The maximum Gasteiger partial charge on any atom is 0.231 e. The molecule has 4 aromatic rings. The van der Waals surface area contributed by atoms with Crippen LogP contribution in [0.5, 0.6) is 0 Å². The number of Topliss-reactive ketones (excluding diaryl/α,β-unsaturated/α-hetero) is 2. The van der Waals surface area contributed by atoms with Crippen molar-refractivity contribution in [3.8, 4) is 0 Å². The zero-order chi connectivity index (χ0) is 36.6. The monoisotopic (exact) mass is 709 g/mol. The van der Waals surface area contributed by atoms with Crippen LogP contribution in [0.3, 0.4) is 0 Å². The van der Waals surface area contributed by atoms with E-state index in [1.54, 1.807) is 18.2 Å². The van der Waals surface area contributed by atoms with E-state index in [1.165, 1.54) is 18.2 Å². The second kappa shape index (κ2) is 16.9. The molecule has 1 aliphatic heterocycles. The number of aliphatic hydroxyl groups excluding tert-OH is 1. The number of aryl methyl sites for hydroxylation is 1. The van der Waals surface area contributed by atoms with Gasteiger partial charge in [-0.15, -0.1) is 0 Å². The number of carbonyl (C=O) groups excluding carboxylic acids is 2. The van der Waals surface area contributed by atoms with Crippen molar-refractivity contribution in [3.05, 3.63) is 137 Å². The average Bonchev–Trinajstić information content (AvgIpc) is 3.13. The predicted octanol–water partition coefficient (Wildman–Crippen LogP) is 8.09. The molecule has 51 heavy (non-hydrogen) atoms. The largest absolute Gasteiger partial charge is 0.393 e. The minimum Gasteiger partial charge on any atom is -0.393 e. The van der Waals surface area contributed by atoms with Crippen LogP contribution in [-0.2, 0) is 26.6 Å². The number of nitrogens with zero attached hydrogens (tertiary/aromatic N) is 1. The van der Waals surface area contributed by atoms with Crippen LogP contribution in [0, 0.1) is 12.8 Å². The number of rotatable bonds is 16. The van der Waals surface area contributed by atoms with E-state index in [4.69, 9.17) is 4.74 Å². The molecule has 1 N–H and O–H groups in total. The van der Waals surface area contributed by atoms with E-state index < -0.39 is 22.0 Å². The smallest absolute Gasteiger partial charge is 0.231 e. The van der Waals surface area contributed by atoms with Crippen molar-refractivity contribution in [1.82, 2.24) is 0 Å². The molecule has 0 spiro atoms. The van der Waals surface area contributed by atoms with Gasteiger partial charge in [0.1, 0.15) is 0 Å². The number of benzene rings is 4. The first-order valence-electron chi connectivity index (χ1n) is 17.9. The maximum atomic E-state index is 14.2. The van der Waals surface area contributed by atoms with E-state index >= 15 is 0 Å². The SMILES string of the molecule is Cc1cccc(C2(CC[C@@H](O)[C@@H](CC(=O)c3cc(C(=O)C[C@H](C)c4ccccc4)cc(N(C)S(C)(=O)=O)c3)Cc3ccccc3)CCOCC2)c1. The topological polar surface area (TPSA) is 101 Å². The molecular formula is C43H51NO6S. The van der Waals surface area contributed by atoms with E-state index in [0.717, 1.165) is 41.0 Å². The van der Waals surface area contributed by atoms with Crippen molar-refractivity contribution in [2.45, 2.75) is 76.2 Å². The van der Waals surface area contributed by atoms with Gasteiger partial charge in [-0.1, -0.05) is 97.4 Å². The molecule has 5 rings (SSSR count). The van der Waals surface area contributed by atoms with Gasteiger partial charge in [0.2, 0.25) is 10.0 Å². The second-order valence-corrected chi connectivity index (χ2v) is 16.4. The number of ether oxygens (including phenoxy) is 1. The molecular weight excluding hydrogens is 659 g/mol. The highest BCUT2D eigenvalue weighted by atomic mass is 32.2. The van der Waals surface area contributed by atoms with Gasteiger partial charge in [-0.05, 0) is 91.2 Å². The van der Waals surface area contributed by atoms with Crippen LogP contribution in [-0.4, -0.2) is 57.7 Å². The zero-order valence-electron chi connectivity index (χ0n) is 30.3. The molecule has 1 fully saturated rings. The molecule has 0 aromatic heterocycles. The first-order chi connectivity index (χ1) is 24.3. The average molecular weight is 710 g/mol.